The van der Waals surface area contributed by atoms with Crippen LogP contribution >= 0.6 is 23.2 Å². The molecule has 2 amide bonds. The molecule has 0 bridgehead atoms. The van der Waals surface area contributed by atoms with Gasteiger partial charge in [0.05, 0.1) is 23.1 Å². The van der Waals surface area contributed by atoms with Gasteiger partial charge in [0.25, 0.3) is 0 Å². The topological polar surface area (TPSA) is 58.6 Å². The third-order valence-corrected chi connectivity index (χ3v) is 4.72. The summed E-state index contributed by atoms with van der Waals surface area (Å²) in [6, 6.07) is 8.91. The van der Waals surface area contributed by atoms with Crippen LogP contribution in [0.2, 0.25) is 10.0 Å². The van der Waals surface area contributed by atoms with Crippen molar-refractivity contribution >= 4 is 46.4 Å². The van der Waals surface area contributed by atoms with Gasteiger partial charge in [-0.25, -0.2) is 4.39 Å². The van der Waals surface area contributed by atoms with E-state index in [-0.39, 0.29) is 29.8 Å². The van der Waals surface area contributed by atoms with E-state index in [1.54, 1.807) is 18.2 Å². The largest absolute Gasteiger partial charge is 0.495 e. The van der Waals surface area contributed by atoms with Crippen molar-refractivity contribution in [1.29, 1.82) is 0 Å². The van der Waals surface area contributed by atoms with Gasteiger partial charge >= 0.3 is 0 Å². The Morgan fingerprint density at radius 1 is 1.23 bits per heavy atom. The zero-order valence-corrected chi connectivity index (χ0v) is 15.3. The molecule has 0 radical (unpaired) electrons. The average Bonchev–Trinajstić information content (AvgIpc) is 2.99. The first-order valence-electron chi connectivity index (χ1n) is 7.79. The molecule has 0 spiro atoms. The lowest BCUT2D eigenvalue weighted by molar-refractivity contribution is -0.122. The first-order chi connectivity index (χ1) is 12.4. The summed E-state index contributed by atoms with van der Waals surface area (Å²) in [5.41, 5.74) is 0.973. The number of hydrogen-bond acceptors (Lipinski definition) is 3. The van der Waals surface area contributed by atoms with Gasteiger partial charge in [-0.05, 0) is 36.4 Å². The molecule has 2 aromatic carbocycles. The van der Waals surface area contributed by atoms with Crippen LogP contribution in [0.5, 0.6) is 5.75 Å². The smallest absolute Gasteiger partial charge is 0.229 e. The van der Waals surface area contributed by atoms with Crippen LogP contribution in [0.4, 0.5) is 15.8 Å². The van der Waals surface area contributed by atoms with Gasteiger partial charge in [0.15, 0.2) is 0 Å². The SMILES string of the molecule is COc1ccc(NC(=O)C2CC(=O)N(c3ccc(F)c(Cl)c3)C2)cc1Cl. The summed E-state index contributed by atoms with van der Waals surface area (Å²) in [5.74, 6) is -1.11. The van der Waals surface area contributed by atoms with Crippen LogP contribution in [0.25, 0.3) is 0 Å². The maximum atomic E-state index is 13.3. The molecule has 0 aliphatic carbocycles. The number of carbonyl (C=O) groups excluding carboxylic acids is 2. The Bertz CT molecular complexity index is 876. The number of hydrogen-bond donors (Lipinski definition) is 1. The number of anilines is 2. The second-order valence-electron chi connectivity index (χ2n) is 5.84. The van der Waals surface area contributed by atoms with Crippen molar-refractivity contribution in [1.82, 2.24) is 0 Å². The molecule has 1 unspecified atom stereocenters. The van der Waals surface area contributed by atoms with Crippen LogP contribution in [0.1, 0.15) is 6.42 Å². The summed E-state index contributed by atoms with van der Waals surface area (Å²) >= 11 is 11.8. The van der Waals surface area contributed by atoms with E-state index >= 15 is 0 Å². The molecule has 1 aliphatic rings. The third-order valence-electron chi connectivity index (χ3n) is 4.13. The molecule has 0 saturated carbocycles. The maximum Gasteiger partial charge on any atom is 0.229 e. The van der Waals surface area contributed by atoms with E-state index in [1.807, 2.05) is 0 Å². The highest BCUT2D eigenvalue weighted by atomic mass is 35.5. The Morgan fingerprint density at radius 3 is 2.65 bits per heavy atom. The van der Waals surface area contributed by atoms with Gasteiger partial charge in [-0.1, -0.05) is 23.2 Å². The Hall–Kier alpha value is -2.31. The highest BCUT2D eigenvalue weighted by molar-refractivity contribution is 6.32. The van der Waals surface area contributed by atoms with Crippen LogP contribution in [0.15, 0.2) is 36.4 Å². The third kappa shape index (κ3) is 3.76. The quantitative estimate of drug-likeness (QED) is 0.844. The lowest BCUT2D eigenvalue weighted by Gasteiger charge is -2.17. The lowest BCUT2D eigenvalue weighted by Crippen LogP contribution is -2.28. The van der Waals surface area contributed by atoms with E-state index in [0.717, 1.165) is 0 Å². The highest BCUT2D eigenvalue weighted by Crippen LogP contribution is 2.30. The Balaban J connectivity index is 1.70. The summed E-state index contributed by atoms with van der Waals surface area (Å²) in [5, 5.41) is 3.04. The van der Waals surface area contributed by atoms with Gasteiger partial charge in [-0.3, -0.25) is 9.59 Å². The van der Waals surface area contributed by atoms with Crippen LogP contribution in [0.3, 0.4) is 0 Å². The summed E-state index contributed by atoms with van der Waals surface area (Å²) in [6.07, 6.45) is 0.0602. The molecule has 5 nitrogen and oxygen atoms in total. The minimum absolute atomic E-state index is 0.0602. The van der Waals surface area contributed by atoms with Crippen molar-refractivity contribution < 1.29 is 18.7 Å². The standard InChI is InChI=1S/C18H15Cl2FN2O3/c1-26-16-5-2-11(7-14(16)20)22-18(25)10-6-17(24)23(9-10)12-3-4-15(21)13(19)8-12/h2-5,7-8,10H,6,9H2,1H3,(H,22,25). The predicted octanol–water partition coefficient (Wildman–Crippen LogP) is 4.13. The number of amides is 2. The molecule has 1 fully saturated rings. The number of methoxy groups -OCH3 is 1. The van der Waals surface area contributed by atoms with Gasteiger partial charge in [0.2, 0.25) is 11.8 Å². The van der Waals surface area contributed by atoms with E-state index in [1.165, 1.54) is 30.2 Å². The van der Waals surface area contributed by atoms with Gasteiger partial charge in [-0.2, -0.15) is 0 Å². The molecule has 1 N–H and O–H groups in total. The van der Waals surface area contributed by atoms with Crippen molar-refractivity contribution in [2.75, 3.05) is 23.9 Å². The molecular weight excluding hydrogens is 382 g/mol. The van der Waals surface area contributed by atoms with Crippen molar-refractivity contribution in [2.45, 2.75) is 6.42 Å². The minimum Gasteiger partial charge on any atom is -0.495 e. The first kappa shape index (κ1) is 18.5. The molecule has 1 aliphatic heterocycles. The number of ether oxygens (including phenoxy) is 1. The van der Waals surface area contributed by atoms with E-state index < -0.39 is 11.7 Å². The van der Waals surface area contributed by atoms with E-state index in [0.29, 0.717) is 22.1 Å². The summed E-state index contributed by atoms with van der Waals surface area (Å²) in [7, 11) is 1.50. The molecule has 1 saturated heterocycles. The average molecular weight is 397 g/mol. The van der Waals surface area contributed by atoms with Crippen molar-refractivity contribution in [3.05, 3.63) is 52.3 Å². The van der Waals surface area contributed by atoms with Crippen LogP contribution < -0.4 is 15.0 Å². The fraction of sp³-hybridized carbons (Fsp3) is 0.222. The molecule has 136 valence electrons. The summed E-state index contributed by atoms with van der Waals surface area (Å²) < 4.78 is 18.4. The molecule has 3 rings (SSSR count). The number of nitrogens with one attached hydrogen (secondary N) is 1. The fourth-order valence-electron chi connectivity index (χ4n) is 2.77. The minimum atomic E-state index is -0.562. The van der Waals surface area contributed by atoms with Crippen LogP contribution in [0, 0.1) is 11.7 Å². The Morgan fingerprint density at radius 2 is 2.00 bits per heavy atom. The van der Waals surface area contributed by atoms with Crippen molar-refractivity contribution in [3.8, 4) is 5.75 Å². The second kappa shape index (κ2) is 7.51. The van der Waals surface area contributed by atoms with Crippen LogP contribution in [-0.2, 0) is 9.59 Å². The van der Waals surface area contributed by atoms with Gasteiger partial charge in [0.1, 0.15) is 11.6 Å². The van der Waals surface area contributed by atoms with E-state index in [2.05, 4.69) is 5.32 Å². The number of carbonyl (C=O) groups is 2. The highest BCUT2D eigenvalue weighted by Gasteiger charge is 2.35. The zero-order chi connectivity index (χ0) is 18.8. The van der Waals surface area contributed by atoms with Crippen molar-refractivity contribution in [3.63, 3.8) is 0 Å². The number of halogens is 3. The van der Waals surface area contributed by atoms with Gasteiger partial charge < -0.3 is 15.0 Å². The molecular formula is C18H15Cl2FN2O3. The van der Waals surface area contributed by atoms with E-state index in [4.69, 9.17) is 27.9 Å². The van der Waals surface area contributed by atoms with E-state index in [9.17, 15) is 14.0 Å². The van der Waals surface area contributed by atoms with Crippen LogP contribution in [-0.4, -0.2) is 25.5 Å². The number of nitrogens with zero attached hydrogens (tertiary/aromatic N) is 1. The Labute approximate surface area is 159 Å². The predicted molar refractivity (Wildman–Crippen MR) is 98.5 cm³/mol. The lowest BCUT2D eigenvalue weighted by atomic mass is 10.1. The second-order valence-corrected chi connectivity index (χ2v) is 6.66. The van der Waals surface area contributed by atoms with Gasteiger partial charge in [0, 0.05) is 24.3 Å². The molecule has 26 heavy (non-hydrogen) atoms. The normalized spacial score (nSPS) is 16.7. The number of rotatable bonds is 4. The van der Waals surface area contributed by atoms with Crippen molar-refractivity contribution in [2.24, 2.45) is 5.92 Å². The summed E-state index contributed by atoms with van der Waals surface area (Å²) in [6.45, 7) is 0.191. The molecule has 2 aromatic rings. The fourth-order valence-corrected chi connectivity index (χ4v) is 3.21. The maximum absolute atomic E-state index is 13.3. The Kier molecular flexibility index (Phi) is 5.34. The monoisotopic (exact) mass is 396 g/mol. The number of benzene rings is 2. The molecule has 0 aromatic heterocycles. The van der Waals surface area contributed by atoms with Gasteiger partial charge in [-0.15, -0.1) is 0 Å². The summed E-state index contributed by atoms with van der Waals surface area (Å²) in [4.78, 5) is 26.1. The molecule has 1 atom stereocenters. The zero-order valence-electron chi connectivity index (χ0n) is 13.8. The molecule has 8 heteroatoms. The first-order valence-corrected chi connectivity index (χ1v) is 8.54. The molecule has 1 heterocycles.